The lowest BCUT2D eigenvalue weighted by molar-refractivity contribution is -0.134. The fourth-order valence-corrected chi connectivity index (χ4v) is 1.78. The molecule has 7 nitrogen and oxygen atoms in total. The second-order valence-corrected chi connectivity index (χ2v) is 4.03. The molecule has 0 fully saturated rings. The van der Waals surface area contributed by atoms with Gasteiger partial charge in [0, 0.05) is 0 Å². The summed E-state index contributed by atoms with van der Waals surface area (Å²) in [5, 5.41) is 13.7. The van der Waals surface area contributed by atoms with E-state index in [4.69, 9.17) is 4.84 Å². The van der Waals surface area contributed by atoms with Crippen molar-refractivity contribution in [3.05, 3.63) is 17.5 Å². The van der Waals surface area contributed by atoms with Gasteiger partial charge in [0.1, 0.15) is 6.54 Å². The average Bonchev–Trinajstić information content (AvgIpc) is 2.95. The monoisotopic (exact) mass is 253 g/mol. The Morgan fingerprint density at radius 1 is 1.65 bits per heavy atom. The second-order valence-electron chi connectivity index (χ2n) is 3.08. The van der Waals surface area contributed by atoms with E-state index < -0.39 is 0 Å². The summed E-state index contributed by atoms with van der Waals surface area (Å²) in [4.78, 5) is 18.2. The molecule has 2 heterocycles. The SMILES string of the molecule is CCONC(=O)Cn1nnc(-c2cccs2)n1. The summed E-state index contributed by atoms with van der Waals surface area (Å²) in [6, 6.07) is 3.80. The molecular formula is C9H11N5O2S. The van der Waals surface area contributed by atoms with Crippen molar-refractivity contribution >= 4 is 17.2 Å². The number of nitrogens with zero attached hydrogens (tertiary/aromatic N) is 4. The van der Waals surface area contributed by atoms with Gasteiger partial charge >= 0.3 is 0 Å². The van der Waals surface area contributed by atoms with Crippen molar-refractivity contribution in [1.29, 1.82) is 0 Å². The zero-order valence-electron chi connectivity index (χ0n) is 9.16. The lowest BCUT2D eigenvalue weighted by atomic mass is 10.5. The summed E-state index contributed by atoms with van der Waals surface area (Å²) in [6.45, 7) is 2.18. The molecule has 2 rings (SSSR count). The zero-order valence-corrected chi connectivity index (χ0v) is 9.98. The predicted octanol–water partition coefficient (Wildman–Crippen LogP) is 0.469. The van der Waals surface area contributed by atoms with Crippen molar-refractivity contribution in [1.82, 2.24) is 25.7 Å². The number of hydrogen-bond acceptors (Lipinski definition) is 6. The summed E-state index contributed by atoms with van der Waals surface area (Å²) in [5.74, 6) is 0.200. The third-order valence-electron chi connectivity index (χ3n) is 1.81. The van der Waals surface area contributed by atoms with Crippen molar-refractivity contribution < 1.29 is 9.63 Å². The van der Waals surface area contributed by atoms with Gasteiger partial charge < -0.3 is 0 Å². The molecule has 0 aliphatic carbocycles. The molecule has 17 heavy (non-hydrogen) atoms. The Hall–Kier alpha value is -1.80. The number of nitrogens with one attached hydrogen (secondary N) is 1. The van der Waals surface area contributed by atoms with E-state index in [2.05, 4.69) is 20.9 Å². The summed E-state index contributed by atoms with van der Waals surface area (Å²) in [7, 11) is 0. The van der Waals surface area contributed by atoms with Gasteiger partial charge in [-0.15, -0.1) is 21.5 Å². The van der Waals surface area contributed by atoms with Gasteiger partial charge in [0.25, 0.3) is 5.91 Å². The van der Waals surface area contributed by atoms with Crippen LogP contribution in [0.5, 0.6) is 0 Å². The first-order valence-electron chi connectivity index (χ1n) is 5.02. The first-order valence-corrected chi connectivity index (χ1v) is 5.90. The number of carbonyl (C=O) groups excluding carboxylic acids is 1. The molecule has 0 bridgehead atoms. The van der Waals surface area contributed by atoms with Crippen LogP contribution in [-0.2, 0) is 16.2 Å². The van der Waals surface area contributed by atoms with Crippen LogP contribution in [0, 0.1) is 0 Å². The van der Waals surface area contributed by atoms with Crippen LogP contribution in [0.2, 0.25) is 0 Å². The van der Waals surface area contributed by atoms with E-state index in [1.807, 2.05) is 17.5 Å². The number of hydroxylamine groups is 1. The summed E-state index contributed by atoms with van der Waals surface area (Å²) in [5.41, 5.74) is 2.26. The van der Waals surface area contributed by atoms with Crippen LogP contribution in [0.1, 0.15) is 6.92 Å². The van der Waals surface area contributed by atoms with E-state index in [0.29, 0.717) is 12.4 Å². The van der Waals surface area contributed by atoms with Crippen molar-refractivity contribution in [2.24, 2.45) is 0 Å². The number of rotatable bonds is 5. The Morgan fingerprint density at radius 2 is 2.53 bits per heavy atom. The fourth-order valence-electron chi connectivity index (χ4n) is 1.13. The minimum atomic E-state index is -0.318. The topological polar surface area (TPSA) is 81.9 Å². The molecule has 0 spiro atoms. The van der Waals surface area contributed by atoms with E-state index in [9.17, 15) is 4.79 Å². The number of carbonyl (C=O) groups is 1. The Morgan fingerprint density at radius 3 is 3.24 bits per heavy atom. The summed E-state index contributed by atoms with van der Waals surface area (Å²) >= 11 is 1.52. The van der Waals surface area contributed by atoms with Crippen molar-refractivity contribution in [2.75, 3.05) is 6.61 Å². The van der Waals surface area contributed by atoms with Crippen LogP contribution < -0.4 is 5.48 Å². The van der Waals surface area contributed by atoms with Crippen LogP contribution in [0.15, 0.2) is 17.5 Å². The largest absolute Gasteiger partial charge is 0.274 e. The average molecular weight is 253 g/mol. The highest BCUT2D eigenvalue weighted by atomic mass is 32.1. The number of tetrazole rings is 1. The fraction of sp³-hybridized carbons (Fsp3) is 0.333. The number of aromatic nitrogens is 4. The van der Waals surface area contributed by atoms with Crippen LogP contribution >= 0.6 is 11.3 Å². The standard InChI is InChI=1S/C9H11N5O2S/c1-2-16-12-8(15)6-14-11-9(10-13-14)7-4-3-5-17-7/h3-5H,2,6H2,1H3,(H,12,15). The Balaban J connectivity index is 1.97. The van der Waals surface area contributed by atoms with E-state index in [0.717, 1.165) is 4.88 Å². The number of thiophene rings is 1. The Kier molecular flexibility index (Phi) is 3.78. The van der Waals surface area contributed by atoms with Gasteiger partial charge in [-0.3, -0.25) is 9.63 Å². The summed E-state index contributed by atoms with van der Waals surface area (Å²) in [6.07, 6.45) is 0. The Labute approximate surface area is 101 Å². The van der Waals surface area contributed by atoms with Crippen molar-refractivity contribution in [3.8, 4) is 10.7 Å². The first-order chi connectivity index (χ1) is 8.29. The molecule has 0 aliphatic heterocycles. The van der Waals surface area contributed by atoms with Gasteiger partial charge in [-0.05, 0) is 23.6 Å². The normalized spacial score (nSPS) is 10.4. The third kappa shape index (κ3) is 3.08. The highest BCUT2D eigenvalue weighted by Gasteiger charge is 2.09. The minimum Gasteiger partial charge on any atom is -0.274 e. The maximum absolute atomic E-state index is 11.3. The molecule has 0 radical (unpaired) electrons. The van der Waals surface area contributed by atoms with Gasteiger partial charge in [-0.2, -0.15) is 4.80 Å². The van der Waals surface area contributed by atoms with E-state index in [1.54, 1.807) is 6.92 Å². The van der Waals surface area contributed by atoms with Crippen molar-refractivity contribution in [2.45, 2.75) is 13.5 Å². The molecule has 1 amide bonds. The van der Waals surface area contributed by atoms with Crippen LogP contribution in [0.3, 0.4) is 0 Å². The molecule has 1 N–H and O–H groups in total. The number of amides is 1. The minimum absolute atomic E-state index is 0.0155. The zero-order chi connectivity index (χ0) is 12.1. The third-order valence-corrected chi connectivity index (χ3v) is 2.68. The lowest BCUT2D eigenvalue weighted by Crippen LogP contribution is -2.28. The molecule has 0 atom stereocenters. The smallest absolute Gasteiger partial charge is 0.267 e. The highest BCUT2D eigenvalue weighted by Crippen LogP contribution is 2.19. The first kappa shape index (κ1) is 11.7. The molecular weight excluding hydrogens is 242 g/mol. The second kappa shape index (κ2) is 5.51. The van der Waals surface area contributed by atoms with Gasteiger partial charge in [0.05, 0.1) is 11.5 Å². The maximum atomic E-state index is 11.3. The van der Waals surface area contributed by atoms with Crippen LogP contribution in [0.25, 0.3) is 10.7 Å². The van der Waals surface area contributed by atoms with E-state index >= 15 is 0 Å². The maximum Gasteiger partial charge on any atom is 0.267 e. The predicted molar refractivity (Wildman–Crippen MR) is 60.9 cm³/mol. The van der Waals surface area contributed by atoms with E-state index in [1.165, 1.54) is 16.1 Å². The van der Waals surface area contributed by atoms with Crippen LogP contribution in [-0.4, -0.2) is 32.7 Å². The molecule has 0 unspecified atom stereocenters. The molecule has 0 aromatic carbocycles. The van der Waals surface area contributed by atoms with Gasteiger partial charge in [0.2, 0.25) is 5.82 Å². The molecule has 90 valence electrons. The summed E-state index contributed by atoms with van der Waals surface area (Å²) < 4.78 is 0. The molecule has 0 saturated heterocycles. The lowest BCUT2D eigenvalue weighted by Gasteiger charge is -2.01. The Bertz CT molecular complexity index is 481. The molecule has 2 aromatic heterocycles. The number of hydrogen-bond donors (Lipinski definition) is 1. The molecule has 8 heteroatoms. The van der Waals surface area contributed by atoms with Gasteiger partial charge in [-0.25, -0.2) is 5.48 Å². The highest BCUT2D eigenvalue weighted by molar-refractivity contribution is 7.13. The molecule has 0 aliphatic rings. The van der Waals surface area contributed by atoms with Gasteiger partial charge in [-0.1, -0.05) is 6.07 Å². The quantitative estimate of drug-likeness (QED) is 0.783. The van der Waals surface area contributed by atoms with Crippen LogP contribution in [0.4, 0.5) is 0 Å². The van der Waals surface area contributed by atoms with E-state index in [-0.39, 0.29) is 12.5 Å². The molecule has 0 saturated carbocycles. The van der Waals surface area contributed by atoms with Gasteiger partial charge in [0.15, 0.2) is 0 Å². The molecule has 2 aromatic rings. The van der Waals surface area contributed by atoms with Crippen molar-refractivity contribution in [3.63, 3.8) is 0 Å².